The van der Waals surface area contributed by atoms with Crippen molar-refractivity contribution in [2.24, 2.45) is 11.7 Å². The molecule has 8 rings (SSSR count). The van der Waals surface area contributed by atoms with Gasteiger partial charge in [-0.05, 0) is 78.3 Å². The Hall–Kier alpha value is -5.47. The van der Waals surface area contributed by atoms with Gasteiger partial charge in [0, 0.05) is 11.3 Å². The molecule has 3 heterocycles. The minimum absolute atomic E-state index is 0.0973. The van der Waals surface area contributed by atoms with E-state index in [1.54, 1.807) is 30.3 Å². The van der Waals surface area contributed by atoms with E-state index in [2.05, 4.69) is 17.2 Å². The maximum absolute atomic E-state index is 15.0. The van der Waals surface area contributed by atoms with E-state index in [4.69, 9.17) is 15.2 Å². The van der Waals surface area contributed by atoms with E-state index in [9.17, 15) is 24.6 Å². The highest BCUT2D eigenvalue weighted by Gasteiger charge is 2.73. The number of nitrogens with two attached hydrogens (primary N) is 1. The number of anilines is 1. The van der Waals surface area contributed by atoms with E-state index in [0.29, 0.717) is 41.0 Å². The normalized spacial score (nSPS) is 27.1. The lowest BCUT2D eigenvalue weighted by Crippen LogP contribution is -2.53. The zero-order chi connectivity index (χ0) is 37.5. The largest absolute Gasteiger partial charge is 0.491 e. The molecule has 3 fully saturated rings. The van der Waals surface area contributed by atoms with E-state index < -0.39 is 58.9 Å². The first-order chi connectivity index (χ1) is 26.2. The zero-order valence-electron chi connectivity index (χ0n) is 29.8. The Labute approximate surface area is 314 Å². The van der Waals surface area contributed by atoms with Gasteiger partial charge in [0.25, 0.3) is 0 Å². The van der Waals surface area contributed by atoms with Crippen molar-refractivity contribution in [3.63, 3.8) is 0 Å². The number of hydrogen-bond donors (Lipinski definition) is 4. The van der Waals surface area contributed by atoms with E-state index in [1.807, 2.05) is 77.7 Å². The molecule has 0 bridgehead atoms. The van der Waals surface area contributed by atoms with Crippen molar-refractivity contribution < 1.29 is 34.1 Å². The summed E-state index contributed by atoms with van der Waals surface area (Å²) in [4.78, 5) is 45.6. The second kappa shape index (κ2) is 14.4. The molecular formula is C44H43N3O7. The summed E-state index contributed by atoms with van der Waals surface area (Å²) in [6.45, 7) is -0.0649. The third-order valence-electron chi connectivity index (χ3n) is 11.5. The molecule has 0 unspecified atom stereocenters. The third-order valence-corrected chi connectivity index (χ3v) is 11.5. The minimum atomic E-state index is -1.70. The average molecular weight is 726 g/mol. The van der Waals surface area contributed by atoms with Crippen LogP contribution in [0.5, 0.6) is 5.75 Å². The quantitative estimate of drug-likeness (QED) is 0.115. The number of morpholine rings is 1. The first-order valence-electron chi connectivity index (χ1n) is 18.7. The Morgan fingerprint density at radius 3 is 2.19 bits per heavy atom. The molecule has 10 heteroatoms. The number of carbonyl (C=O) groups excluding carboxylic acids is 3. The lowest BCUT2D eigenvalue weighted by molar-refractivity contribution is -0.178. The van der Waals surface area contributed by atoms with Crippen molar-refractivity contribution in [1.29, 1.82) is 0 Å². The van der Waals surface area contributed by atoms with Crippen LogP contribution in [0, 0.1) is 17.8 Å². The Bertz CT molecular complexity index is 2100. The van der Waals surface area contributed by atoms with Crippen molar-refractivity contribution in [2.75, 3.05) is 18.5 Å². The minimum Gasteiger partial charge on any atom is -0.491 e. The van der Waals surface area contributed by atoms with Gasteiger partial charge in [-0.1, -0.05) is 97.5 Å². The van der Waals surface area contributed by atoms with Crippen molar-refractivity contribution >= 4 is 23.5 Å². The molecule has 6 atom stereocenters. The summed E-state index contributed by atoms with van der Waals surface area (Å²) in [7, 11) is 0. The molecule has 4 aromatic carbocycles. The van der Waals surface area contributed by atoms with Crippen molar-refractivity contribution in [1.82, 2.24) is 4.90 Å². The second-order valence-electron chi connectivity index (χ2n) is 14.7. The summed E-state index contributed by atoms with van der Waals surface area (Å²) in [6.07, 6.45) is 4.27. The fourth-order valence-electron chi connectivity index (χ4n) is 9.24. The van der Waals surface area contributed by atoms with Crippen LogP contribution >= 0.6 is 0 Å². The number of cyclic esters (lactones) is 1. The number of fused-ring (bicyclic) bond motifs is 3. The highest BCUT2D eigenvalue weighted by atomic mass is 16.6. The summed E-state index contributed by atoms with van der Waals surface area (Å²) >= 11 is 0. The first kappa shape index (κ1) is 35.6. The van der Waals surface area contributed by atoms with Crippen molar-refractivity contribution in [3.05, 3.63) is 131 Å². The number of ether oxygens (including phenoxy) is 2. The van der Waals surface area contributed by atoms with Crippen LogP contribution in [0.25, 0.3) is 0 Å². The Kier molecular flexibility index (Phi) is 9.48. The Morgan fingerprint density at radius 2 is 1.54 bits per heavy atom. The number of benzene rings is 4. The van der Waals surface area contributed by atoms with E-state index in [0.717, 1.165) is 36.8 Å². The monoisotopic (exact) mass is 725 g/mol. The van der Waals surface area contributed by atoms with Crippen LogP contribution < -0.4 is 15.8 Å². The fraction of sp³-hybridized carbons (Fsp3) is 0.341. The molecule has 1 saturated carbocycles. The lowest BCUT2D eigenvalue weighted by Gasteiger charge is -2.46. The molecule has 0 radical (unpaired) electrons. The number of amides is 2. The lowest BCUT2D eigenvalue weighted by atomic mass is 9.65. The number of esters is 1. The van der Waals surface area contributed by atoms with Gasteiger partial charge >= 0.3 is 5.97 Å². The van der Waals surface area contributed by atoms with Gasteiger partial charge in [0.05, 0.1) is 24.6 Å². The summed E-state index contributed by atoms with van der Waals surface area (Å²) in [6, 6.07) is 28.8. The van der Waals surface area contributed by atoms with Crippen molar-refractivity contribution in [3.8, 4) is 17.6 Å². The first-order valence-corrected chi connectivity index (χ1v) is 18.7. The second-order valence-corrected chi connectivity index (χ2v) is 14.7. The highest BCUT2D eigenvalue weighted by Crippen LogP contribution is 2.64. The van der Waals surface area contributed by atoms with E-state index in [1.165, 1.54) is 0 Å². The van der Waals surface area contributed by atoms with Crippen LogP contribution in [-0.2, 0) is 24.5 Å². The molecule has 10 nitrogen and oxygen atoms in total. The van der Waals surface area contributed by atoms with Crippen LogP contribution in [0.3, 0.4) is 0 Å². The van der Waals surface area contributed by atoms with Gasteiger partial charge in [-0.2, -0.15) is 0 Å². The van der Waals surface area contributed by atoms with Gasteiger partial charge < -0.3 is 30.7 Å². The van der Waals surface area contributed by atoms with Crippen molar-refractivity contribution in [2.45, 2.75) is 73.8 Å². The van der Waals surface area contributed by atoms with Gasteiger partial charge in [-0.3, -0.25) is 19.3 Å². The van der Waals surface area contributed by atoms with Gasteiger partial charge in [0.2, 0.25) is 11.8 Å². The molecule has 2 amide bonds. The van der Waals surface area contributed by atoms with Gasteiger partial charge in [-0.25, -0.2) is 0 Å². The summed E-state index contributed by atoms with van der Waals surface area (Å²) in [5, 5.41) is 23.8. The zero-order valence-corrected chi connectivity index (χ0v) is 29.8. The number of hydrogen-bond acceptors (Lipinski definition) is 8. The molecular weight excluding hydrogens is 682 g/mol. The van der Waals surface area contributed by atoms with Crippen LogP contribution in [0.1, 0.15) is 84.5 Å². The predicted molar refractivity (Wildman–Crippen MR) is 201 cm³/mol. The fourth-order valence-corrected chi connectivity index (χ4v) is 9.24. The summed E-state index contributed by atoms with van der Waals surface area (Å²) in [5.74, 6) is 3.55. The SMILES string of the molecule is NC(=O)[C@H]1[C@@H]2C(=O)O[C@@H](c3ccccc3)[C@@H](c3ccccc3)N2[C@@H](c2ccc(OCCO)cc2)[C@]12C(=O)Nc1ccc(C#CC3(O)CCCCCC3)cc12. The summed E-state index contributed by atoms with van der Waals surface area (Å²) < 4.78 is 12.0. The van der Waals surface area contributed by atoms with Gasteiger partial charge in [0.1, 0.15) is 35.5 Å². The molecule has 54 heavy (non-hydrogen) atoms. The molecule has 4 aliphatic rings. The molecule has 5 N–H and O–H groups in total. The van der Waals surface area contributed by atoms with Crippen LogP contribution in [0.2, 0.25) is 0 Å². The number of nitrogens with one attached hydrogen (secondary N) is 1. The molecule has 1 aliphatic carbocycles. The predicted octanol–water partition coefficient (Wildman–Crippen LogP) is 5.25. The van der Waals surface area contributed by atoms with Gasteiger partial charge in [0.15, 0.2) is 0 Å². The Morgan fingerprint density at radius 1 is 0.870 bits per heavy atom. The van der Waals surface area contributed by atoms with Crippen LogP contribution in [0.15, 0.2) is 103 Å². The molecule has 276 valence electrons. The number of nitrogens with zero attached hydrogens (tertiary/aromatic N) is 1. The molecule has 0 aromatic heterocycles. The van der Waals surface area contributed by atoms with Crippen LogP contribution in [0.4, 0.5) is 5.69 Å². The molecule has 3 aliphatic heterocycles. The van der Waals surface area contributed by atoms with E-state index in [-0.39, 0.29) is 13.2 Å². The topological polar surface area (TPSA) is 151 Å². The standard InChI is InChI=1S/C44H43N3O7/c45-40(49)35-37-41(50)54-38(30-13-7-4-8-14-30)36(29-11-5-3-6-12-29)47(37)39(31-16-18-32(19-17-31)53-26-25-48)44(35)33-27-28(15-20-34(33)46-42(44)51)21-24-43(52)22-9-1-2-10-23-43/h3-8,11-20,27,35-39,48,52H,1-2,9-10,22-23,25-26H2,(H2,45,49)(H,46,51)/t35-,36-,37-,38+,39+,44-/m1/s1. The number of aliphatic hydroxyl groups is 2. The number of carbonyl (C=O) groups is 3. The average Bonchev–Trinajstić information content (AvgIpc) is 3.56. The third kappa shape index (κ3) is 6.02. The number of primary amides is 1. The summed E-state index contributed by atoms with van der Waals surface area (Å²) in [5.41, 5.74) is 7.31. The molecule has 2 saturated heterocycles. The maximum Gasteiger partial charge on any atom is 0.324 e. The maximum atomic E-state index is 15.0. The molecule has 1 spiro atoms. The van der Waals surface area contributed by atoms with Gasteiger partial charge in [-0.15, -0.1) is 0 Å². The van der Waals surface area contributed by atoms with E-state index >= 15 is 0 Å². The number of rotatable bonds is 7. The van der Waals surface area contributed by atoms with Crippen LogP contribution in [-0.4, -0.2) is 57.8 Å². The molecule has 4 aromatic rings. The highest BCUT2D eigenvalue weighted by molar-refractivity contribution is 6.12. The Balaban J connectivity index is 1.36. The smallest absolute Gasteiger partial charge is 0.324 e. The number of aliphatic hydroxyl groups excluding tert-OH is 1.